The molecule has 0 aliphatic rings. The van der Waals surface area contributed by atoms with E-state index in [2.05, 4.69) is 0 Å². The van der Waals surface area contributed by atoms with Crippen molar-refractivity contribution in [1.29, 1.82) is 0 Å². The summed E-state index contributed by atoms with van der Waals surface area (Å²) in [5, 5.41) is 0. The monoisotopic (exact) mass is 168 g/mol. The van der Waals surface area contributed by atoms with Gasteiger partial charge in [0.1, 0.15) is 0 Å². The second kappa shape index (κ2) is 5.07. The van der Waals surface area contributed by atoms with Crippen molar-refractivity contribution in [3.05, 3.63) is 0 Å². The summed E-state index contributed by atoms with van der Waals surface area (Å²) < 4.78 is 0. The van der Waals surface area contributed by atoms with Crippen LogP contribution < -0.4 is 0 Å². The second-order valence-corrected chi connectivity index (χ2v) is 2.97. The first-order valence-corrected chi connectivity index (χ1v) is 3.86. The third kappa shape index (κ3) is 4.73. The van der Waals surface area contributed by atoms with Crippen molar-refractivity contribution in [2.45, 2.75) is 31.0 Å². The van der Waals surface area contributed by atoms with E-state index in [1.165, 1.54) is 0 Å². The average Bonchev–Trinajstić information content (AvgIpc) is 1.82. The smallest absolute Gasteiger partial charge is 0.165 e. The van der Waals surface area contributed by atoms with Crippen molar-refractivity contribution in [2.24, 2.45) is 0 Å². The predicted molar refractivity (Wildman–Crippen MR) is 40.0 cm³/mol. The molecule has 54 valence electrons. The number of carbonyl (C=O) groups is 1. The number of ketones is 1. The molecule has 0 radical (unpaired) electrons. The molecule has 0 unspecified atom stereocenters. The molecule has 0 rings (SSSR count). The van der Waals surface area contributed by atoms with Gasteiger partial charge in [0.05, 0.1) is 0 Å². The molecule has 0 bridgehead atoms. The maximum absolute atomic E-state index is 10.6. The van der Waals surface area contributed by atoms with E-state index in [0.29, 0.717) is 6.42 Å². The normalized spacial score (nSPS) is 10.2. The summed E-state index contributed by atoms with van der Waals surface area (Å²) in [5.74, 6) is -0.0693. The summed E-state index contributed by atoms with van der Waals surface area (Å²) in [6.07, 6.45) is 2.40. The minimum absolute atomic E-state index is 0.0693. The number of hydrogen-bond acceptors (Lipinski definition) is 1. The Balaban J connectivity index is 3.28. The Labute approximate surface area is 65.3 Å². The number of hydrogen-bond donors (Lipinski definition) is 0. The molecule has 0 heterocycles. The minimum atomic E-state index is -0.823. The van der Waals surface area contributed by atoms with E-state index in [1.807, 2.05) is 6.92 Å². The van der Waals surface area contributed by atoms with Crippen LogP contribution in [-0.2, 0) is 4.79 Å². The van der Waals surface area contributed by atoms with Gasteiger partial charge in [0, 0.05) is 6.42 Å². The van der Waals surface area contributed by atoms with Gasteiger partial charge in [-0.05, 0) is 6.42 Å². The van der Waals surface area contributed by atoms with Crippen molar-refractivity contribution in [2.75, 3.05) is 0 Å². The molecule has 0 fully saturated rings. The van der Waals surface area contributed by atoms with Gasteiger partial charge < -0.3 is 0 Å². The first-order valence-electron chi connectivity index (χ1n) is 2.99. The molecule has 3 heteroatoms. The van der Waals surface area contributed by atoms with Gasteiger partial charge in [-0.1, -0.05) is 36.5 Å². The zero-order valence-corrected chi connectivity index (χ0v) is 6.87. The van der Waals surface area contributed by atoms with Crippen LogP contribution in [0.1, 0.15) is 26.2 Å². The van der Waals surface area contributed by atoms with Crippen LogP contribution in [0.4, 0.5) is 0 Å². The molecule has 0 atom stereocenters. The molecular weight excluding hydrogens is 159 g/mol. The van der Waals surface area contributed by atoms with Crippen molar-refractivity contribution in [1.82, 2.24) is 0 Å². The summed E-state index contributed by atoms with van der Waals surface area (Å²) in [6, 6.07) is 0. The Bertz CT molecular complexity index is 91.1. The SMILES string of the molecule is CCCCC(=O)C(Cl)Cl. The van der Waals surface area contributed by atoms with E-state index in [0.717, 1.165) is 12.8 Å². The quantitative estimate of drug-likeness (QED) is 0.591. The van der Waals surface area contributed by atoms with Crippen LogP contribution in [0, 0.1) is 0 Å². The van der Waals surface area contributed by atoms with E-state index in [1.54, 1.807) is 0 Å². The Hall–Kier alpha value is 0.250. The summed E-state index contributed by atoms with van der Waals surface area (Å²) in [6.45, 7) is 2.02. The van der Waals surface area contributed by atoms with E-state index in [-0.39, 0.29) is 5.78 Å². The van der Waals surface area contributed by atoms with Gasteiger partial charge in [-0.2, -0.15) is 0 Å². The molecule has 0 aromatic heterocycles. The van der Waals surface area contributed by atoms with Crippen molar-refractivity contribution in [3.63, 3.8) is 0 Å². The Morgan fingerprint density at radius 1 is 1.56 bits per heavy atom. The predicted octanol–water partition coefficient (Wildman–Crippen LogP) is 2.55. The first kappa shape index (κ1) is 9.25. The molecule has 0 aromatic rings. The van der Waals surface area contributed by atoms with E-state index < -0.39 is 4.84 Å². The fourth-order valence-corrected chi connectivity index (χ4v) is 0.678. The van der Waals surface area contributed by atoms with Crippen molar-refractivity contribution in [3.8, 4) is 0 Å². The fraction of sp³-hybridized carbons (Fsp3) is 0.833. The standard InChI is InChI=1S/C6H10Cl2O/c1-2-3-4-5(9)6(7)8/h6H,2-4H2,1H3. The van der Waals surface area contributed by atoms with E-state index in [9.17, 15) is 4.79 Å². The first-order chi connectivity index (χ1) is 4.18. The number of halogens is 2. The van der Waals surface area contributed by atoms with Gasteiger partial charge in [0.15, 0.2) is 10.6 Å². The highest BCUT2D eigenvalue weighted by Gasteiger charge is 2.09. The zero-order chi connectivity index (χ0) is 7.28. The Morgan fingerprint density at radius 2 is 2.11 bits per heavy atom. The Kier molecular flexibility index (Phi) is 5.21. The zero-order valence-electron chi connectivity index (χ0n) is 5.36. The molecule has 9 heavy (non-hydrogen) atoms. The average molecular weight is 169 g/mol. The maximum atomic E-state index is 10.6. The lowest BCUT2D eigenvalue weighted by Crippen LogP contribution is -2.06. The molecule has 0 saturated heterocycles. The molecule has 1 nitrogen and oxygen atoms in total. The van der Waals surface area contributed by atoms with E-state index >= 15 is 0 Å². The number of Topliss-reactive ketones (excluding diaryl/α,β-unsaturated/α-hetero) is 1. The third-order valence-electron chi connectivity index (χ3n) is 1.02. The van der Waals surface area contributed by atoms with Crippen LogP contribution in [0.2, 0.25) is 0 Å². The van der Waals surface area contributed by atoms with Gasteiger partial charge in [0.25, 0.3) is 0 Å². The van der Waals surface area contributed by atoms with Gasteiger partial charge >= 0.3 is 0 Å². The van der Waals surface area contributed by atoms with Crippen LogP contribution in [-0.4, -0.2) is 10.6 Å². The highest BCUT2D eigenvalue weighted by Crippen LogP contribution is 2.07. The van der Waals surface area contributed by atoms with Crippen LogP contribution >= 0.6 is 23.2 Å². The van der Waals surface area contributed by atoms with Crippen LogP contribution in [0.25, 0.3) is 0 Å². The van der Waals surface area contributed by atoms with Gasteiger partial charge in [0.2, 0.25) is 0 Å². The van der Waals surface area contributed by atoms with Crippen LogP contribution in [0.15, 0.2) is 0 Å². The van der Waals surface area contributed by atoms with Crippen molar-refractivity contribution < 1.29 is 4.79 Å². The summed E-state index contributed by atoms with van der Waals surface area (Å²) >= 11 is 10.6. The highest BCUT2D eigenvalue weighted by molar-refractivity contribution is 6.53. The van der Waals surface area contributed by atoms with E-state index in [4.69, 9.17) is 23.2 Å². The number of rotatable bonds is 4. The van der Waals surface area contributed by atoms with Crippen LogP contribution in [0.3, 0.4) is 0 Å². The molecule has 0 aliphatic heterocycles. The molecular formula is C6H10Cl2O. The maximum Gasteiger partial charge on any atom is 0.165 e. The summed E-state index contributed by atoms with van der Waals surface area (Å²) in [5.41, 5.74) is 0. The second-order valence-electron chi connectivity index (χ2n) is 1.87. The van der Waals surface area contributed by atoms with Gasteiger partial charge in [-0.3, -0.25) is 4.79 Å². The largest absolute Gasteiger partial charge is 0.297 e. The molecule has 0 aromatic carbocycles. The highest BCUT2D eigenvalue weighted by atomic mass is 35.5. The van der Waals surface area contributed by atoms with Crippen molar-refractivity contribution >= 4 is 29.0 Å². The molecule has 0 saturated carbocycles. The summed E-state index contributed by atoms with van der Waals surface area (Å²) in [7, 11) is 0. The molecule has 0 N–H and O–H groups in total. The summed E-state index contributed by atoms with van der Waals surface area (Å²) in [4.78, 5) is 9.82. The Morgan fingerprint density at radius 3 is 2.44 bits per heavy atom. The molecule has 0 aliphatic carbocycles. The lowest BCUT2D eigenvalue weighted by molar-refractivity contribution is -0.117. The lowest BCUT2D eigenvalue weighted by Gasteiger charge is -1.96. The third-order valence-corrected chi connectivity index (χ3v) is 1.51. The lowest BCUT2D eigenvalue weighted by atomic mass is 10.2. The number of alkyl halides is 2. The fourth-order valence-electron chi connectivity index (χ4n) is 0.460. The topological polar surface area (TPSA) is 17.1 Å². The van der Waals surface area contributed by atoms with Gasteiger partial charge in [-0.25, -0.2) is 0 Å². The number of unbranched alkanes of at least 4 members (excludes halogenated alkanes) is 1. The van der Waals surface area contributed by atoms with Gasteiger partial charge in [-0.15, -0.1) is 0 Å². The number of carbonyl (C=O) groups excluding carboxylic acids is 1. The van der Waals surface area contributed by atoms with Crippen LogP contribution in [0.5, 0.6) is 0 Å². The molecule has 0 amide bonds. The minimum Gasteiger partial charge on any atom is -0.297 e. The molecule has 0 spiro atoms.